The van der Waals surface area contributed by atoms with E-state index in [1.807, 2.05) is 54.6 Å². The zero-order chi connectivity index (χ0) is 26.9. The average molecular weight is 538 g/mol. The lowest BCUT2D eigenvalue weighted by atomic mass is 10.0. The van der Waals surface area contributed by atoms with Gasteiger partial charge in [0.1, 0.15) is 29.2 Å². The van der Waals surface area contributed by atoms with Gasteiger partial charge in [0.05, 0.1) is 12.2 Å². The number of rotatable bonds is 3. The minimum Gasteiger partial charge on any atom is -0.489 e. The van der Waals surface area contributed by atoms with Crippen molar-refractivity contribution in [3.63, 3.8) is 0 Å². The van der Waals surface area contributed by atoms with E-state index in [1.54, 1.807) is 35.0 Å². The maximum absolute atomic E-state index is 13.6. The predicted octanol–water partition coefficient (Wildman–Crippen LogP) is 3.80. The van der Waals surface area contributed by atoms with Crippen LogP contribution in [0.4, 0.5) is 5.69 Å². The zero-order valence-corrected chi connectivity index (χ0v) is 21.9. The van der Waals surface area contributed by atoms with Gasteiger partial charge in [0.25, 0.3) is 11.8 Å². The molecule has 1 atom stereocenters. The van der Waals surface area contributed by atoms with E-state index in [2.05, 4.69) is 21.9 Å². The minimum absolute atomic E-state index is 0.0207. The third kappa shape index (κ3) is 4.73. The predicted molar refractivity (Wildman–Crippen MR) is 147 cm³/mol. The number of benzene rings is 2. The Morgan fingerprint density at radius 2 is 1.87 bits per heavy atom. The Morgan fingerprint density at radius 1 is 1.05 bits per heavy atom. The van der Waals surface area contributed by atoms with Crippen LogP contribution in [-0.2, 0) is 17.8 Å². The summed E-state index contributed by atoms with van der Waals surface area (Å²) in [5.41, 5.74) is 4.03. The van der Waals surface area contributed by atoms with Crippen LogP contribution in [0.25, 0.3) is 0 Å². The van der Waals surface area contributed by atoms with Crippen molar-refractivity contribution < 1.29 is 14.3 Å². The molecule has 0 saturated heterocycles. The van der Waals surface area contributed by atoms with Crippen molar-refractivity contribution in [2.45, 2.75) is 19.0 Å². The van der Waals surface area contributed by atoms with Gasteiger partial charge in [-0.2, -0.15) is 5.10 Å². The van der Waals surface area contributed by atoms with Crippen LogP contribution in [0.1, 0.15) is 32.9 Å². The molecule has 2 amide bonds. The van der Waals surface area contributed by atoms with Crippen molar-refractivity contribution in [2.24, 2.45) is 0 Å². The number of hydrogen-bond donors (Lipinski definition) is 0. The van der Waals surface area contributed by atoms with E-state index in [-0.39, 0.29) is 24.1 Å². The van der Waals surface area contributed by atoms with Crippen LogP contribution < -0.4 is 9.64 Å². The molecule has 2 aromatic carbocycles. The average Bonchev–Trinajstić information content (AvgIpc) is 3.22. The largest absolute Gasteiger partial charge is 0.489 e. The van der Waals surface area contributed by atoms with E-state index in [1.165, 1.54) is 4.90 Å². The summed E-state index contributed by atoms with van der Waals surface area (Å²) < 4.78 is 7.74. The summed E-state index contributed by atoms with van der Waals surface area (Å²) >= 11 is 6.62. The zero-order valence-electron chi connectivity index (χ0n) is 21.2. The molecule has 0 saturated carbocycles. The maximum atomic E-state index is 13.6. The number of halogens is 1. The lowest BCUT2D eigenvalue weighted by molar-refractivity contribution is -0.123. The number of hydrogen-bond acceptors (Lipinski definition) is 5. The minimum atomic E-state index is -0.802. The summed E-state index contributed by atoms with van der Waals surface area (Å²) in [6.45, 7) is 0.815. The van der Waals surface area contributed by atoms with Crippen molar-refractivity contribution in [2.75, 3.05) is 25.1 Å². The molecule has 0 N–H and O–H groups in total. The monoisotopic (exact) mass is 537 g/mol. The number of anilines is 1. The molecule has 4 aromatic rings. The summed E-state index contributed by atoms with van der Waals surface area (Å²) in [4.78, 5) is 34.4. The fourth-order valence-corrected chi connectivity index (χ4v) is 5.14. The number of nitrogens with zero attached hydrogens (tertiary/aromatic N) is 5. The number of carbonyl (C=O) groups excluding carboxylic acids is 2. The number of carbonyl (C=O) groups is 2. The molecule has 2 aliphatic heterocycles. The van der Waals surface area contributed by atoms with Crippen LogP contribution in [0.3, 0.4) is 0 Å². The molecule has 8 nitrogen and oxygen atoms in total. The standard InChI is InChI=1S/C30H24ClN5O3/c1-34-24-13-11-20(10-12-22-9-5-6-15-32-22)17-26(24)39-19-25(29(34)37)35-16-14-23-27(30(35)38)33-36(28(23)31)18-21-7-3-2-4-8-21/h2-9,11,13,15,17,25H,14,16,18-19H2,1H3. The number of amides is 2. The topological polar surface area (TPSA) is 80.6 Å². The Hall–Kier alpha value is -4.61. The van der Waals surface area contributed by atoms with Gasteiger partial charge in [-0.15, -0.1) is 0 Å². The number of pyridine rings is 1. The van der Waals surface area contributed by atoms with Gasteiger partial charge in [0.2, 0.25) is 0 Å². The van der Waals surface area contributed by atoms with Crippen LogP contribution in [-0.4, -0.2) is 57.7 Å². The first-order chi connectivity index (χ1) is 19.0. The van der Waals surface area contributed by atoms with E-state index < -0.39 is 6.04 Å². The molecule has 39 heavy (non-hydrogen) atoms. The molecular weight excluding hydrogens is 514 g/mol. The number of fused-ring (bicyclic) bond motifs is 2. The van der Waals surface area contributed by atoms with Gasteiger partial charge in [-0.25, -0.2) is 9.67 Å². The normalized spacial score (nSPS) is 16.5. The molecule has 0 fully saturated rings. The van der Waals surface area contributed by atoms with Crippen molar-refractivity contribution >= 4 is 29.1 Å². The van der Waals surface area contributed by atoms with Crippen molar-refractivity contribution in [1.29, 1.82) is 0 Å². The molecule has 2 aliphatic rings. The van der Waals surface area contributed by atoms with Gasteiger partial charge >= 0.3 is 0 Å². The third-order valence-electron chi connectivity index (χ3n) is 6.93. The van der Waals surface area contributed by atoms with Gasteiger partial charge in [-0.3, -0.25) is 9.59 Å². The molecule has 4 heterocycles. The molecule has 194 valence electrons. The highest BCUT2D eigenvalue weighted by Gasteiger charge is 2.40. The second-order valence-corrected chi connectivity index (χ2v) is 9.74. The molecule has 0 spiro atoms. The Morgan fingerprint density at radius 3 is 2.67 bits per heavy atom. The second kappa shape index (κ2) is 10.3. The van der Waals surface area contributed by atoms with Crippen molar-refractivity contribution in [1.82, 2.24) is 19.7 Å². The van der Waals surface area contributed by atoms with E-state index in [4.69, 9.17) is 16.3 Å². The quantitative estimate of drug-likeness (QED) is 0.371. The van der Waals surface area contributed by atoms with Crippen LogP contribution >= 0.6 is 11.6 Å². The third-order valence-corrected chi connectivity index (χ3v) is 7.36. The van der Waals surface area contributed by atoms with Gasteiger partial charge in [0, 0.05) is 30.9 Å². The van der Waals surface area contributed by atoms with Crippen molar-refractivity contribution in [3.05, 3.63) is 106 Å². The first kappa shape index (κ1) is 24.7. The van der Waals surface area contributed by atoms with Crippen LogP contribution in [0.5, 0.6) is 5.75 Å². The van der Waals surface area contributed by atoms with Gasteiger partial charge in [-0.1, -0.05) is 53.9 Å². The van der Waals surface area contributed by atoms with E-state index in [0.29, 0.717) is 47.4 Å². The SMILES string of the molecule is CN1C(=O)C(N2CCc3c(nn(Cc4ccccc4)c3Cl)C2=O)COc2cc(C#Cc3ccccn3)ccc21. The molecule has 0 bridgehead atoms. The number of aromatic nitrogens is 3. The summed E-state index contributed by atoms with van der Waals surface area (Å²) in [6, 6.07) is 20.0. The van der Waals surface area contributed by atoms with Gasteiger partial charge < -0.3 is 14.5 Å². The van der Waals surface area contributed by atoms with E-state index in [0.717, 1.165) is 11.1 Å². The number of ether oxygens (including phenoxy) is 1. The Labute approximate surface area is 230 Å². The first-order valence-corrected chi connectivity index (χ1v) is 12.9. The summed E-state index contributed by atoms with van der Waals surface area (Å²) in [5, 5.41) is 5.00. The maximum Gasteiger partial charge on any atom is 0.275 e. The molecule has 9 heteroatoms. The fourth-order valence-electron chi connectivity index (χ4n) is 4.86. The Bertz CT molecular complexity index is 1630. The lowest BCUT2D eigenvalue weighted by Crippen LogP contribution is -2.54. The first-order valence-electron chi connectivity index (χ1n) is 12.6. The highest BCUT2D eigenvalue weighted by molar-refractivity contribution is 6.31. The molecule has 1 unspecified atom stereocenters. The van der Waals surface area contributed by atoms with Crippen LogP contribution in [0, 0.1) is 11.8 Å². The molecule has 0 aliphatic carbocycles. The summed E-state index contributed by atoms with van der Waals surface area (Å²) in [6.07, 6.45) is 2.19. The fraction of sp³-hybridized carbons (Fsp3) is 0.200. The van der Waals surface area contributed by atoms with Gasteiger partial charge in [-0.05, 0) is 48.2 Å². The highest BCUT2D eigenvalue weighted by Crippen LogP contribution is 2.34. The van der Waals surface area contributed by atoms with Crippen LogP contribution in [0.15, 0.2) is 72.9 Å². The Balaban J connectivity index is 1.23. The molecule has 6 rings (SSSR count). The van der Waals surface area contributed by atoms with Gasteiger partial charge in [0.15, 0.2) is 5.69 Å². The van der Waals surface area contributed by atoms with E-state index in [9.17, 15) is 9.59 Å². The van der Waals surface area contributed by atoms with E-state index >= 15 is 0 Å². The Kier molecular flexibility index (Phi) is 6.51. The lowest BCUT2D eigenvalue weighted by Gasteiger charge is -2.33. The summed E-state index contributed by atoms with van der Waals surface area (Å²) in [5.74, 6) is 6.10. The smallest absolute Gasteiger partial charge is 0.275 e. The molecular formula is C30H24ClN5O3. The van der Waals surface area contributed by atoms with Crippen molar-refractivity contribution in [3.8, 4) is 17.6 Å². The number of likely N-dealkylation sites (N-methyl/N-ethyl adjacent to an activating group) is 1. The summed E-state index contributed by atoms with van der Waals surface area (Å²) in [7, 11) is 1.69. The van der Waals surface area contributed by atoms with Crippen LogP contribution in [0.2, 0.25) is 5.15 Å². The highest BCUT2D eigenvalue weighted by atomic mass is 35.5. The molecule has 0 radical (unpaired) electrons. The second-order valence-electron chi connectivity index (χ2n) is 9.38. The molecule has 2 aromatic heterocycles.